The maximum absolute atomic E-state index is 12.8. The Balaban J connectivity index is 2.46. The highest BCUT2D eigenvalue weighted by molar-refractivity contribution is 6.15. The van der Waals surface area contributed by atoms with Gasteiger partial charge in [0, 0.05) is 0 Å². The highest BCUT2D eigenvalue weighted by Crippen LogP contribution is 2.08. The Kier molecular flexibility index (Phi) is 4.13. The second-order valence-electron chi connectivity index (χ2n) is 4.11. The lowest BCUT2D eigenvalue weighted by Crippen LogP contribution is -2.27. The van der Waals surface area contributed by atoms with Gasteiger partial charge in [0.25, 0.3) is 0 Å². The monoisotopic (exact) mass is 223 g/mol. The minimum absolute atomic E-state index is 0.291. The van der Waals surface area contributed by atoms with E-state index in [0.717, 1.165) is 0 Å². The van der Waals surface area contributed by atoms with Gasteiger partial charge in [-0.15, -0.1) is 0 Å². The molecule has 1 N–H and O–H groups in total. The molecular formula is C11H16FN4+. The quantitative estimate of drug-likeness (QED) is 0.472. The van der Waals surface area contributed by atoms with Crippen molar-refractivity contribution in [1.29, 1.82) is 0 Å². The molecule has 0 aliphatic carbocycles. The van der Waals surface area contributed by atoms with Gasteiger partial charge in [0.2, 0.25) is 0 Å². The number of halogens is 1. The third-order valence-electron chi connectivity index (χ3n) is 1.57. The van der Waals surface area contributed by atoms with E-state index in [0.29, 0.717) is 10.3 Å². The predicted molar refractivity (Wildman–Crippen MR) is 65.0 cm³/mol. The number of nitrogens with one attached hydrogen (secondary N) is 1. The number of hydrogen-bond acceptors (Lipinski definition) is 3. The van der Waals surface area contributed by atoms with E-state index in [1.807, 2.05) is 21.1 Å². The topological polar surface area (TPSA) is 36.8 Å². The van der Waals surface area contributed by atoms with Gasteiger partial charge in [0.05, 0.1) is 33.0 Å². The summed E-state index contributed by atoms with van der Waals surface area (Å²) in [4.78, 5) is 0. The fourth-order valence-electron chi connectivity index (χ4n) is 0.933. The van der Waals surface area contributed by atoms with Crippen LogP contribution in [0.5, 0.6) is 0 Å². The summed E-state index contributed by atoms with van der Waals surface area (Å²) in [7, 11) is 5.80. The molecule has 0 spiro atoms. The van der Waals surface area contributed by atoms with E-state index >= 15 is 0 Å². The molecule has 0 aliphatic heterocycles. The van der Waals surface area contributed by atoms with Gasteiger partial charge >= 0.3 is 0 Å². The van der Waals surface area contributed by atoms with E-state index in [1.54, 1.807) is 18.3 Å². The summed E-state index contributed by atoms with van der Waals surface area (Å²) in [6.07, 6.45) is 3.11. The van der Waals surface area contributed by atoms with Gasteiger partial charge in [0.1, 0.15) is 12.0 Å². The summed E-state index contributed by atoms with van der Waals surface area (Å²) < 4.78 is 13.3. The third-order valence-corrected chi connectivity index (χ3v) is 1.57. The smallest absolute Gasteiger partial charge is 0.125 e. The molecule has 0 amide bonds. The minimum Gasteiger partial charge on any atom is -0.278 e. The number of rotatable bonds is 4. The van der Waals surface area contributed by atoms with Crippen LogP contribution < -0.4 is 5.43 Å². The number of quaternary nitrogens is 1. The van der Waals surface area contributed by atoms with Gasteiger partial charge in [-0.05, 0) is 18.2 Å². The first-order valence-corrected chi connectivity index (χ1v) is 4.88. The maximum Gasteiger partial charge on any atom is 0.125 e. The van der Waals surface area contributed by atoms with Crippen molar-refractivity contribution in [2.75, 3.05) is 26.6 Å². The first-order chi connectivity index (χ1) is 7.47. The summed E-state index contributed by atoms with van der Waals surface area (Å²) in [6.45, 7) is 0. The Morgan fingerprint density at radius 3 is 2.62 bits per heavy atom. The Bertz CT molecular complexity index is 393. The summed E-state index contributed by atoms with van der Waals surface area (Å²) in [5.41, 5.74) is 3.31. The molecule has 0 bridgehead atoms. The third kappa shape index (κ3) is 5.21. The van der Waals surface area contributed by atoms with E-state index in [2.05, 4.69) is 15.6 Å². The molecule has 0 atom stereocenters. The zero-order valence-corrected chi connectivity index (χ0v) is 9.68. The molecule has 4 nitrogen and oxygen atoms in total. The van der Waals surface area contributed by atoms with Crippen LogP contribution >= 0.6 is 0 Å². The summed E-state index contributed by atoms with van der Waals surface area (Å²) in [5.74, 6) is -0.291. The molecular weight excluding hydrogens is 207 g/mol. The van der Waals surface area contributed by atoms with Crippen molar-refractivity contribution in [3.05, 3.63) is 30.1 Å². The second kappa shape index (κ2) is 5.37. The number of hydrogen-bond donors (Lipinski definition) is 1. The van der Waals surface area contributed by atoms with E-state index < -0.39 is 0 Å². The van der Waals surface area contributed by atoms with Gasteiger partial charge in [-0.1, -0.05) is 11.2 Å². The lowest BCUT2D eigenvalue weighted by atomic mass is 10.3. The second-order valence-corrected chi connectivity index (χ2v) is 4.11. The summed E-state index contributed by atoms with van der Waals surface area (Å²) in [6, 6.07) is 6.10. The van der Waals surface area contributed by atoms with Crippen molar-refractivity contribution in [3.63, 3.8) is 0 Å². The van der Waals surface area contributed by atoms with Crippen molar-refractivity contribution in [2.24, 2.45) is 10.2 Å². The standard InChI is InChI=1S/C11H16FN4/c1-16(2,3)14-8-7-13-15-11-6-4-5-10(12)9-11/h4-9,15H,1-3H3/q+1/b13-7+,14-8+. The van der Waals surface area contributed by atoms with Gasteiger partial charge in [-0.3, -0.25) is 5.43 Å². The van der Waals surface area contributed by atoms with Crippen molar-refractivity contribution in [2.45, 2.75) is 0 Å². The molecule has 0 heterocycles. The van der Waals surface area contributed by atoms with Crippen LogP contribution in [0.1, 0.15) is 0 Å². The van der Waals surface area contributed by atoms with Crippen LogP contribution in [0.15, 0.2) is 34.5 Å². The molecule has 1 rings (SSSR count). The zero-order valence-electron chi connectivity index (χ0n) is 9.68. The molecule has 0 saturated carbocycles. The molecule has 16 heavy (non-hydrogen) atoms. The lowest BCUT2D eigenvalue weighted by Gasteiger charge is -2.13. The maximum atomic E-state index is 12.8. The normalized spacial score (nSPS) is 12.5. The van der Waals surface area contributed by atoms with E-state index in [-0.39, 0.29) is 5.82 Å². The summed E-state index contributed by atoms with van der Waals surface area (Å²) in [5, 5.41) is 8.04. The fourth-order valence-corrected chi connectivity index (χ4v) is 0.933. The first-order valence-electron chi connectivity index (χ1n) is 4.88. The Hall–Kier alpha value is -1.75. The molecule has 1 aromatic rings. The molecule has 5 heteroatoms. The van der Waals surface area contributed by atoms with Crippen LogP contribution in [-0.4, -0.2) is 38.2 Å². The van der Waals surface area contributed by atoms with Gasteiger partial charge in [-0.2, -0.15) is 5.10 Å². The summed E-state index contributed by atoms with van der Waals surface area (Å²) >= 11 is 0. The molecule has 0 aliphatic rings. The predicted octanol–water partition coefficient (Wildman–Crippen LogP) is 1.92. The van der Waals surface area contributed by atoms with Crippen LogP contribution in [0.2, 0.25) is 0 Å². The average Bonchev–Trinajstić information content (AvgIpc) is 2.15. The first kappa shape index (κ1) is 12.3. The van der Waals surface area contributed by atoms with E-state index in [4.69, 9.17) is 0 Å². The molecule has 0 unspecified atom stereocenters. The van der Waals surface area contributed by atoms with Gasteiger partial charge in [-0.25, -0.2) is 8.98 Å². The highest BCUT2D eigenvalue weighted by Gasteiger charge is 1.99. The fraction of sp³-hybridized carbons (Fsp3) is 0.273. The zero-order chi connectivity index (χ0) is 12.0. The number of anilines is 1. The number of nitrogens with zero attached hydrogens (tertiary/aromatic N) is 3. The molecule has 86 valence electrons. The average molecular weight is 223 g/mol. The van der Waals surface area contributed by atoms with Crippen LogP contribution in [0.25, 0.3) is 0 Å². The highest BCUT2D eigenvalue weighted by atomic mass is 19.1. The van der Waals surface area contributed by atoms with Crippen molar-refractivity contribution >= 4 is 18.1 Å². The van der Waals surface area contributed by atoms with E-state index in [1.165, 1.54) is 18.3 Å². The van der Waals surface area contributed by atoms with E-state index in [9.17, 15) is 4.39 Å². The van der Waals surface area contributed by atoms with Crippen molar-refractivity contribution < 1.29 is 8.98 Å². The number of benzene rings is 1. The van der Waals surface area contributed by atoms with Crippen LogP contribution in [0, 0.1) is 5.82 Å². The van der Waals surface area contributed by atoms with Crippen LogP contribution in [0.4, 0.5) is 10.1 Å². The Morgan fingerprint density at radius 1 is 1.25 bits per heavy atom. The van der Waals surface area contributed by atoms with Gasteiger partial charge in [0.15, 0.2) is 0 Å². The minimum atomic E-state index is -0.291. The largest absolute Gasteiger partial charge is 0.278 e. The molecule has 0 radical (unpaired) electrons. The van der Waals surface area contributed by atoms with Gasteiger partial charge < -0.3 is 0 Å². The molecule has 1 aromatic carbocycles. The van der Waals surface area contributed by atoms with Crippen LogP contribution in [-0.2, 0) is 0 Å². The lowest BCUT2D eigenvalue weighted by molar-refractivity contribution is -0.876. The molecule has 0 aromatic heterocycles. The number of hydrazone groups is 1. The SMILES string of the molecule is C[N+](C)(C)/N=C/C=N/Nc1cccc(F)c1. The van der Waals surface area contributed by atoms with Crippen molar-refractivity contribution in [3.8, 4) is 0 Å². The molecule has 0 saturated heterocycles. The Labute approximate surface area is 94.7 Å². The molecule has 0 fully saturated rings. The van der Waals surface area contributed by atoms with Crippen molar-refractivity contribution in [1.82, 2.24) is 0 Å². The Morgan fingerprint density at radius 2 is 2.00 bits per heavy atom. The van der Waals surface area contributed by atoms with Crippen LogP contribution in [0.3, 0.4) is 0 Å².